The second-order valence-corrected chi connectivity index (χ2v) is 7.96. The molecule has 3 nitrogen and oxygen atoms in total. The fraction of sp³-hybridized carbons (Fsp3) is 1.00. The Kier molecular flexibility index (Phi) is 11.3. The molecule has 1 N–H and O–H groups in total. The standard InChI is InChI=1S/C13H31NO2Si/c1-5-10-15-17(12-7-3,16-11-6-2)13-8-9-14-4/h14H,5-13H2,1-4H3. The molecule has 0 rings (SSSR count). The Morgan fingerprint density at radius 2 is 1.47 bits per heavy atom. The van der Waals surface area contributed by atoms with Gasteiger partial charge in [0.15, 0.2) is 0 Å². The molecule has 0 saturated heterocycles. The highest BCUT2D eigenvalue weighted by Crippen LogP contribution is 2.23. The third-order valence-corrected chi connectivity index (χ3v) is 6.59. The summed E-state index contributed by atoms with van der Waals surface area (Å²) in [6.45, 7) is 9.33. The van der Waals surface area contributed by atoms with Crippen molar-refractivity contribution in [1.82, 2.24) is 5.32 Å². The van der Waals surface area contributed by atoms with E-state index in [0.29, 0.717) is 0 Å². The summed E-state index contributed by atoms with van der Waals surface area (Å²) in [7, 11) is 0.0881. The average molecular weight is 261 g/mol. The van der Waals surface area contributed by atoms with Crippen molar-refractivity contribution in [1.29, 1.82) is 0 Å². The first-order valence-electron chi connectivity index (χ1n) is 7.17. The van der Waals surface area contributed by atoms with E-state index in [1.807, 2.05) is 7.05 Å². The fourth-order valence-electron chi connectivity index (χ4n) is 1.95. The first kappa shape index (κ1) is 17.1. The van der Waals surface area contributed by atoms with Crippen LogP contribution in [0.4, 0.5) is 0 Å². The minimum Gasteiger partial charge on any atom is -0.394 e. The number of nitrogens with one attached hydrogen (secondary N) is 1. The first-order chi connectivity index (χ1) is 8.24. The summed E-state index contributed by atoms with van der Waals surface area (Å²) in [4.78, 5) is 0. The zero-order valence-electron chi connectivity index (χ0n) is 12.2. The lowest BCUT2D eigenvalue weighted by Crippen LogP contribution is -2.43. The van der Waals surface area contributed by atoms with Crippen LogP contribution in [0.5, 0.6) is 0 Å². The van der Waals surface area contributed by atoms with E-state index in [1.54, 1.807) is 0 Å². The van der Waals surface area contributed by atoms with Crippen LogP contribution in [0.25, 0.3) is 0 Å². The third-order valence-electron chi connectivity index (χ3n) is 2.75. The Balaban J connectivity index is 4.32. The van der Waals surface area contributed by atoms with Gasteiger partial charge in [-0.25, -0.2) is 0 Å². The van der Waals surface area contributed by atoms with Crippen LogP contribution >= 0.6 is 0 Å². The van der Waals surface area contributed by atoms with Crippen molar-refractivity contribution in [3.8, 4) is 0 Å². The van der Waals surface area contributed by atoms with Gasteiger partial charge in [0.2, 0.25) is 0 Å². The van der Waals surface area contributed by atoms with Crippen molar-refractivity contribution in [2.45, 2.75) is 58.5 Å². The molecule has 0 bridgehead atoms. The molecule has 0 amide bonds. The summed E-state index contributed by atoms with van der Waals surface area (Å²) < 4.78 is 12.3. The number of rotatable bonds is 12. The Labute approximate surface area is 109 Å². The summed E-state index contributed by atoms with van der Waals surface area (Å²) in [6, 6.07) is 2.26. The van der Waals surface area contributed by atoms with E-state index < -0.39 is 8.56 Å². The van der Waals surface area contributed by atoms with Crippen molar-refractivity contribution >= 4 is 8.56 Å². The maximum Gasteiger partial charge on any atom is 0.338 e. The second kappa shape index (κ2) is 11.2. The molecule has 0 saturated carbocycles. The quantitative estimate of drug-likeness (QED) is 0.432. The highest BCUT2D eigenvalue weighted by Gasteiger charge is 2.35. The molecule has 0 radical (unpaired) electrons. The van der Waals surface area contributed by atoms with Gasteiger partial charge in [0.05, 0.1) is 0 Å². The molecule has 0 aliphatic heterocycles. The number of hydrogen-bond donors (Lipinski definition) is 1. The molecular formula is C13H31NO2Si. The molecule has 0 spiro atoms. The lowest BCUT2D eigenvalue weighted by molar-refractivity contribution is 0.166. The van der Waals surface area contributed by atoms with Gasteiger partial charge in [0.1, 0.15) is 0 Å². The van der Waals surface area contributed by atoms with E-state index >= 15 is 0 Å². The molecule has 0 aliphatic rings. The smallest absolute Gasteiger partial charge is 0.338 e. The van der Waals surface area contributed by atoms with Crippen LogP contribution in [-0.4, -0.2) is 35.4 Å². The van der Waals surface area contributed by atoms with Gasteiger partial charge in [0.25, 0.3) is 0 Å². The summed E-state index contributed by atoms with van der Waals surface area (Å²) >= 11 is 0. The molecule has 17 heavy (non-hydrogen) atoms. The van der Waals surface area contributed by atoms with Crippen LogP contribution in [0.2, 0.25) is 12.1 Å². The molecule has 0 heterocycles. The maximum absolute atomic E-state index is 6.16. The SMILES string of the molecule is CCCO[Si](CCC)(CCCNC)OCCC. The summed E-state index contributed by atoms with van der Waals surface area (Å²) in [6.07, 6.45) is 4.50. The van der Waals surface area contributed by atoms with Crippen molar-refractivity contribution in [3.05, 3.63) is 0 Å². The van der Waals surface area contributed by atoms with E-state index in [0.717, 1.165) is 51.1 Å². The first-order valence-corrected chi connectivity index (χ1v) is 9.40. The van der Waals surface area contributed by atoms with Crippen LogP contribution in [0.3, 0.4) is 0 Å². The van der Waals surface area contributed by atoms with Crippen molar-refractivity contribution in [2.24, 2.45) is 0 Å². The minimum absolute atomic E-state index is 0.857. The highest BCUT2D eigenvalue weighted by atomic mass is 28.4. The minimum atomic E-state index is -1.91. The van der Waals surface area contributed by atoms with Crippen molar-refractivity contribution < 1.29 is 8.85 Å². The van der Waals surface area contributed by atoms with Crippen molar-refractivity contribution in [2.75, 3.05) is 26.8 Å². The predicted octanol–water partition coefficient (Wildman–Crippen LogP) is 3.30. The lowest BCUT2D eigenvalue weighted by atomic mass is 10.5. The zero-order chi connectivity index (χ0) is 13.0. The molecule has 0 aliphatic carbocycles. The maximum atomic E-state index is 6.16. The van der Waals surface area contributed by atoms with Gasteiger partial charge in [-0.15, -0.1) is 0 Å². The molecule has 4 heteroatoms. The Morgan fingerprint density at radius 3 is 1.88 bits per heavy atom. The van der Waals surface area contributed by atoms with Crippen LogP contribution < -0.4 is 5.32 Å². The molecular weight excluding hydrogens is 230 g/mol. The van der Waals surface area contributed by atoms with Gasteiger partial charge in [0, 0.05) is 13.2 Å². The lowest BCUT2D eigenvalue weighted by Gasteiger charge is -2.30. The Bertz CT molecular complexity index is 159. The van der Waals surface area contributed by atoms with E-state index in [-0.39, 0.29) is 0 Å². The van der Waals surface area contributed by atoms with Crippen molar-refractivity contribution in [3.63, 3.8) is 0 Å². The predicted molar refractivity (Wildman–Crippen MR) is 76.7 cm³/mol. The van der Waals surface area contributed by atoms with E-state index in [4.69, 9.17) is 8.85 Å². The van der Waals surface area contributed by atoms with Gasteiger partial charge in [-0.3, -0.25) is 0 Å². The summed E-state index contributed by atoms with van der Waals surface area (Å²) in [5.74, 6) is 0. The third kappa shape index (κ3) is 7.92. The van der Waals surface area contributed by atoms with Crippen LogP contribution in [0, 0.1) is 0 Å². The van der Waals surface area contributed by atoms with E-state index in [1.165, 1.54) is 6.42 Å². The number of hydrogen-bond acceptors (Lipinski definition) is 3. The van der Waals surface area contributed by atoms with Gasteiger partial charge >= 0.3 is 8.56 Å². The largest absolute Gasteiger partial charge is 0.394 e. The monoisotopic (exact) mass is 261 g/mol. The highest BCUT2D eigenvalue weighted by molar-refractivity contribution is 6.67. The summed E-state index contributed by atoms with van der Waals surface area (Å²) in [5, 5.41) is 3.21. The zero-order valence-corrected chi connectivity index (χ0v) is 13.2. The Hall–Kier alpha value is 0.0969. The van der Waals surface area contributed by atoms with Crippen LogP contribution in [0.15, 0.2) is 0 Å². The molecule has 0 atom stereocenters. The van der Waals surface area contributed by atoms with Gasteiger partial charge in [-0.1, -0.05) is 27.2 Å². The average Bonchev–Trinajstić information content (AvgIpc) is 2.34. The molecule has 0 aromatic carbocycles. The topological polar surface area (TPSA) is 30.5 Å². The van der Waals surface area contributed by atoms with Gasteiger partial charge in [-0.05, 0) is 44.9 Å². The molecule has 0 aromatic rings. The summed E-state index contributed by atoms with van der Waals surface area (Å²) in [5.41, 5.74) is 0. The fourth-order valence-corrected chi connectivity index (χ4v) is 5.49. The normalized spacial score (nSPS) is 12.0. The second-order valence-electron chi connectivity index (χ2n) is 4.56. The molecule has 0 aromatic heterocycles. The van der Waals surface area contributed by atoms with E-state index in [2.05, 4.69) is 26.1 Å². The molecule has 104 valence electrons. The van der Waals surface area contributed by atoms with E-state index in [9.17, 15) is 0 Å². The van der Waals surface area contributed by atoms with Gasteiger partial charge in [-0.2, -0.15) is 0 Å². The Morgan fingerprint density at radius 1 is 0.882 bits per heavy atom. The van der Waals surface area contributed by atoms with Gasteiger partial charge < -0.3 is 14.2 Å². The molecule has 0 fully saturated rings. The van der Waals surface area contributed by atoms with Crippen LogP contribution in [-0.2, 0) is 8.85 Å². The van der Waals surface area contributed by atoms with Crippen LogP contribution in [0.1, 0.15) is 46.5 Å². The molecule has 0 unspecified atom stereocenters.